The summed E-state index contributed by atoms with van der Waals surface area (Å²) in [7, 11) is 0. The van der Waals surface area contributed by atoms with E-state index in [-0.39, 0.29) is 24.2 Å². The van der Waals surface area contributed by atoms with Crippen LogP contribution >= 0.6 is 12.4 Å². The van der Waals surface area contributed by atoms with Gasteiger partial charge in [0.25, 0.3) is 0 Å². The lowest BCUT2D eigenvalue weighted by atomic mass is 10.2. The van der Waals surface area contributed by atoms with Crippen LogP contribution in [-0.4, -0.2) is 75.4 Å². The zero-order valence-corrected chi connectivity index (χ0v) is 12.2. The number of rotatable bonds is 4. The van der Waals surface area contributed by atoms with E-state index in [1.807, 2.05) is 0 Å². The van der Waals surface area contributed by atoms with Gasteiger partial charge >= 0.3 is 0 Å². The number of nitrogens with one attached hydrogen (secondary N) is 2. The minimum absolute atomic E-state index is 0. The van der Waals surface area contributed by atoms with Gasteiger partial charge in [0, 0.05) is 39.1 Å². The Bertz CT molecular complexity index is 288. The second kappa shape index (κ2) is 9.12. The smallest absolute Gasteiger partial charge is 0.250 e. The molecular weight excluding hydrogens is 286 g/mol. The van der Waals surface area contributed by atoms with Gasteiger partial charge in [0.15, 0.2) is 0 Å². The van der Waals surface area contributed by atoms with E-state index in [1.165, 1.54) is 0 Å². The van der Waals surface area contributed by atoms with Gasteiger partial charge in [0.1, 0.15) is 6.10 Å². The molecule has 0 aromatic carbocycles. The number of hydrogen-bond acceptors (Lipinski definition) is 5. The van der Waals surface area contributed by atoms with E-state index in [9.17, 15) is 9.59 Å². The minimum Gasteiger partial charge on any atom is -0.378 e. The molecule has 2 heterocycles. The highest BCUT2D eigenvalue weighted by molar-refractivity contribution is 5.85. The molecule has 116 valence electrons. The van der Waals surface area contributed by atoms with Crippen LogP contribution in [0, 0.1) is 0 Å². The van der Waals surface area contributed by atoms with E-state index in [1.54, 1.807) is 4.90 Å². The number of hydrogen-bond donors (Lipinski definition) is 2. The molecule has 2 saturated heterocycles. The summed E-state index contributed by atoms with van der Waals surface area (Å²) < 4.78 is 10.5. The Morgan fingerprint density at radius 1 is 1.25 bits per heavy atom. The third-order valence-electron chi connectivity index (χ3n) is 3.22. The zero-order chi connectivity index (χ0) is 13.5. The summed E-state index contributed by atoms with van der Waals surface area (Å²) in [5.41, 5.74) is 0. The van der Waals surface area contributed by atoms with E-state index < -0.39 is 6.10 Å². The first-order valence-corrected chi connectivity index (χ1v) is 6.73. The SMILES string of the molecule is Cl.O=C(NCCC(=O)N1CCOCC1)C1CNCCO1. The number of carbonyl (C=O) groups excluding carboxylic acids is 2. The number of nitrogens with zero attached hydrogens (tertiary/aromatic N) is 1. The van der Waals surface area contributed by atoms with Gasteiger partial charge < -0.3 is 25.0 Å². The minimum atomic E-state index is -0.438. The molecular formula is C12H22ClN3O4. The van der Waals surface area contributed by atoms with Crippen molar-refractivity contribution in [3.05, 3.63) is 0 Å². The van der Waals surface area contributed by atoms with Crippen LogP contribution < -0.4 is 10.6 Å². The predicted octanol–water partition coefficient (Wildman–Crippen LogP) is -1.24. The number of morpholine rings is 2. The van der Waals surface area contributed by atoms with Crippen LogP contribution in [-0.2, 0) is 19.1 Å². The Morgan fingerprint density at radius 3 is 2.65 bits per heavy atom. The number of amides is 2. The second-order valence-corrected chi connectivity index (χ2v) is 4.60. The average molecular weight is 308 g/mol. The van der Waals surface area contributed by atoms with Gasteiger partial charge in [0.05, 0.1) is 19.8 Å². The van der Waals surface area contributed by atoms with Crippen LogP contribution in [0.3, 0.4) is 0 Å². The quantitative estimate of drug-likeness (QED) is 0.679. The van der Waals surface area contributed by atoms with Gasteiger partial charge in [-0.25, -0.2) is 0 Å². The summed E-state index contributed by atoms with van der Waals surface area (Å²) in [5.74, 6) is -0.0896. The second-order valence-electron chi connectivity index (χ2n) is 4.60. The molecule has 0 saturated carbocycles. The molecule has 0 aliphatic carbocycles. The van der Waals surface area contributed by atoms with Gasteiger partial charge in [-0.2, -0.15) is 0 Å². The summed E-state index contributed by atoms with van der Waals surface area (Å²) in [6, 6.07) is 0. The molecule has 0 radical (unpaired) electrons. The molecule has 2 aliphatic heterocycles. The highest BCUT2D eigenvalue weighted by Gasteiger charge is 2.22. The Labute approximate surface area is 124 Å². The summed E-state index contributed by atoms with van der Waals surface area (Å²) in [5, 5.41) is 5.83. The third-order valence-corrected chi connectivity index (χ3v) is 3.22. The summed E-state index contributed by atoms with van der Waals surface area (Å²) in [6.45, 7) is 4.69. The van der Waals surface area contributed by atoms with E-state index in [0.717, 1.165) is 6.54 Å². The summed E-state index contributed by atoms with van der Waals surface area (Å²) in [6.07, 6.45) is -0.112. The molecule has 0 aromatic heterocycles. The lowest BCUT2D eigenvalue weighted by molar-refractivity contribution is -0.136. The fourth-order valence-corrected chi connectivity index (χ4v) is 2.11. The monoisotopic (exact) mass is 307 g/mol. The molecule has 8 heteroatoms. The number of carbonyl (C=O) groups is 2. The van der Waals surface area contributed by atoms with E-state index in [4.69, 9.17) is 9.47 Å². The van der Waals surface area contributed by atoms with Crippen molar-refractivity contribution >= 4 is 24.2 Å². The van der Waals surface area contributed by atoms with Gasteiger partial charge in [-0.1, -0.05) is 0 Å². The number of halogens is 1. The summed E-state index contributed by atoms with van der Waals surface area (Å²) >= 11 is 0. The topological polar surface area (TPSA) is 79.9 Å². The van der Waals surface area contributed by atoms with Crippen LogP contribution in [0.1, 0.15) is 6.42 Å². The molecule has 2 N–H and O–H groups in total. The molecule has 0 spiro atoms. The highest BCUT2D eigenvalue weighted by atomic mass is 35.5. The van der Waals surface area contributed by atoms with E-state index in [2.05, 4.69) is 10.6 Å². The predicted molar refractivity (Wildman–Crippen MR) is 74.9 cm³/mol. The molecule has 0 bridgehead atoms. The van der Waals surface area contributed by atoms with Crippen LogP contribution in [0.15, 0.2) is 0 Å². The molecule has 1 unspecified atom stereocenters. The first-order valence-electron chi connectivity index (χ1n) is 6.73. The molecule has 2 rings (SSSR count). The zero-order valence-electron chi connectivity index (χ0n) is 11.4. The first-order chi connectivity index (χ1) is 9.27. The van der Waals surface area contributed by atoms with E-state index >= 15 is 0 Å². The van der Waals surface area contributed by atoms with Crippen molar-refractivity contribution < 1.29 is 19.1 Å². The summed E-state index contributed by atoms with van der Waals surface area (Å²) in [4.78, 5) is 25.3. The van der Waals surface area contributed by atoms with Crippen molar-refractivity contribution in [1.82, 2.24) is 15.5 Å². The van der Waals surface area contributed by atoms with Crippen LogP contribution in [0.25, 0.3) is 0 Å². The Kier molecular flexibility index (Phi) is 7.83. The Morgan fingerprint density at radius 2 is 2.00 bits per heavy atom. The molecule has 1 atom stereocenters. The molecule has 2 fully saturated rings. The maximum absolute atomic E-state index is 11.8. The lowest BCUT2D eigenvalue weighted by Gasteiger charge is -2.27. The normalized spacial score (nSPS) is 22.8. The van der Waals surface area contributed by atoms with Crippen molar-refractivity contribution in [3.63, 3.8) is 0 Å². The van der Waals surface area contributed by atoms with Crippen molar-refractivity contribution in [2.75, 3.05) is 52.5 Å². The highest BCUT2D eigenvalue weighted by Crippen LogP contribution is 2.00. The average Bonchev–Trinajstić information content (AvgIpc) is 2.49. The van der Waals surface area contributed by atoms with E-state index in [0.29, 0.717) is 52.4 Å². The van der Waals surface area contributed by atoms with Crippen molar-refractivity contribution in [3.8, 4) is 0 Å². The molecule has 0 aromatic rings. The Hall–Kier alpha value is -0.890. The van der Waals surface area contributed by atoms with Crippen LogP contribution in [0.4, 0.5) is 0 Å². The largest absolute Gasteiger partial charge is 0.378 e. The molecule has 20 heavy (non-hydrogen) atoms. The van der Waals surface area contributed by atoms with Crippen LogP contribution in [0.5, 0.6) is 0 Å². The van der Waals surface area contributed by atoms with Gasteiger partial charge in [-0.05, 0) is 0 Å². The van der Waals surface area contributed by atoms with Crippen LogP contribution in [0.2, 0.25) is 0 Å². The molecule has 7 nitrogen and oxygen atoms in total. The van der Waals surface area contributed by atoms with Gasteiger partial charge in [0.2, 0.25) is 11.8 Å². The fraction of sp³-hybridized carbons (Fsp3) is 0.833. The molecule has 2 aliphatic rings. The third kappa shape index (κ3) is 5.24. The number of ether oxygens (including phenoxy) is 2. The van der Waals surface area contributed by atoms with Gasteiger partial charge in [-0.3, -0.25) is 9.59 Å². The van der Waals surface area contributed by atoms with Gasteiger partial charge in [-0.15, -0.1) is 12.4 Å². The van der Waals surface area contributed by atoms with Crippen molar-refractivity contribution in [1.29, 1.82) is 0 Å². The lowest BCUT2D eigenvalue weighted by Crippen LogP contribution is -2.48. The fourth-order valence-electron chi connectivity index (χ4n) is 2.11. The standard InChI is InChI=1S/C12H21N3O4.ClH/c16-11(15-4-7-18-8-5-15)1-2-14-12(17)10-9-13-3-6-19-10;/h10,13H,1-9H2,(H,14,17);1H. The molecule has 2 amide bonds. The van der Waals surface area contributed by atoms with Crippen molar-refractivity contribution in [2.45, 2.75) is 12.5 Å². The Balaban J connectivity index is 0.00000200. The maximum atomic E-state index is 11.8. The first kappa shape index (κ1) is 17.2. The maximum Gasteiger partial charge on any atom is 0.250 e. The van der Waals surface area contributed by atoms with Crippen molar-refractivity contribution in [2.24, 2.45) is 0 Å².